The second kappa shape index (κ2) is 6.97. The fourth-order valence-corrected chi connectivity index (χ4v) is 5.01. The van der Waals surface area contributed by atoms with E-state index in [9.17, 15) is 19.2 Å². The van der Waals surface area contributed by atoms with Crippen LogP contribution < -0.4 is 10.6 Å². The first-order valence-electron chi connectivity index (χ1n) is 10.3. The van der Waals surface area contributed by atoms with Gasteiger partial charge in [-0.05, 0) is 25.0 Å². The summed E-state index contributed by atoms with van der Waals surface area (Å²) >= 11 is 0. The summed E-state index contributed by atoms with van der Waals surface area (Å²) in [6.07, 6.45) is 0.343. The summed E-state index contributed by atoms with van der Waals surface area (Å²) in [7, 11) is 0. The molecule has 0 saturated carbocycles. The van der Waals surface area contributed by atoms with Crippen LogP contribution in [-0.4, -0.2) is 77.4 Å². The predicted molar refractivity (Wildman–Crippen MR) is 105 cm³/mol. The van der Waals surface area contributed by atoms with E-state index in [1.807, 2.05) is 13.0 Å². The molecule has 2 atom stereocenters. The lowest BCUT2D eigenvalue weighted by molar-refractivity contribution is -0.172. The molecule has 4 heterocycles. The summed E-state index contributed by atoms with van der Waals surface area (Å²) < 4.78 is 6.12. The van der Waals surface area contributed by atoms with Crippen molar-refractivity contribution in [2.24, 2.45) is 0 Å². The number of nitrogens with one attached hydrogen (secondary N) is 2. The maximum atomic E-state index is 13.2. The van der Waals surface area contributed by atoms with Crippen LogP contribution in [0.15, 0.2) is 18.2 Å². The van der Waals surface area contributed by atoms with Crippen molar-refractivity contribution in [3.05, 3.63) is 34.9 Å². The molecule has 4 aliphatic heterocycles. The summed E-state index contributed by atoms with van der Waals surface area (Å²) in [5.41, 5.74) is 1.28. The Morgan fingerprint density at radius 1 is 1.17 bits per heavy atom. The zero-order valence-corrected chi connectivity index (χ0v) is 16.8. The maximum Gasteiger partial charge on any atom is 0.262 e. The summed E-state index contributed by atoms with van der Waals surface area (Å²) in [4.78, 5) is 53.2. The standard InChI is InChI=1S/C21H24N4O5/c1-12-7-24(11-21(30-12)9-22-10-21)8-13-3-2-4-14-17(13)20(29)25(19(14)28)15-5-6-16(26)23-18(15)27/h2-4,12,15,22H,5-11H2,1H3,(H,23,26,27). The third-order valence-corrected chi connectivity index (χ3v) is 6.32. The van der Waals surface area contributed by atoms with E-state index in [0.717, 1.165) is 36.6 Å². The lowest BCUT2D eigenvalue weighted by Crippen LogP contribution is -2.70. The zero-order valence-electron chi connectivity index (χ0n) is 16.8. The van der Waals surface area contributed by atoms with Crippen LogP contribution in [0.2, 0.25) is 0 Å². The van der Waals surface area contributed by atoms with E-state index in [1.165, 1.54) is 0 Å². The molecule has 0 aliphatic carbocycles. The number of hydrogen-bond acceptors (Lipinski definition) is 7. The molecule has 9 heteroatoms. The number of carbonyl (C=O) groups excluding carboxylic acids is 4. The van der Waals surface area contributed by atoms with Crippen molar-refractivity contribution in [2.75, 3.05) is 26.2 Å². The molecule has 5 rings (SSSR count). The van der Waals surface area contributed by atoms with E-state index in [1.54, 1.807) is 12.1 Å². The molecule has 1 aromatic rings. The van der Waals surface area contributed by atoms with Gasteiger partial charge in [-0.15, -0.1) is 0 Å². The number of rotatable bonds is 3. The van der Waals surface area contributed by atoms with Gasteiger partial charge in [0.1, 0.15) is 11.6 Å². The number of benzene rings is 1. The van der Waals surface area contributed by atoms with Crippen molar-refractivity contribution in [1.82, 2.24) is 20.4 Å². The average Bonchev–Trinajstić information content (AvgIpc) is 2.92. The molecule has 30 heavy (non-hydrogen) atoms. The van der Waals surface area contributed by atoms with Crippen molar-refractivity contribution < 1.29 is 23.9 Å². The Morgan fingerprint density at radius 2 is 1.97 bits per heavy atom. The Bertz CT molecular complexity index is 957. The van der Waals surface area contributed by atoms with Gasteiger partial charge < -0.3 is 10.1 Å². The number of ether oxygens (including phenoxy) is 1. The van der Waals surface area contributed by atoms with Crippen LogP contribution in [-0.2, 0) is 20.9 Å². The number of carbonyl (C=O) groups is 4. The third-order valence-electron chi connectivity index (χ3n) is 6.32. The first-order chi connectivity index (χ1) is 14.4. The molecule has 9 nitrogen and oxygen atoms in total. The van der Waals surface area contributed by atoms with Gasteiger partial charge in [0.05, 0.1) is 17.2 Å². The molecule has 1 spiro atoms. The number of nitrogens with zero attached hydrogens (tertiary/aromatic N) is 2. The van der Waals surface area contributed by atoms with Gasteiger partial charge in [0, 0.05) is 39.1 Å². The zero-order chi connectivity index (χ0) is 21.0. The van der Waals surface area contributed by atoms with Crippen molar-refractivity contribution >= 4 is 23.6 Å². The van der Waals surface area contributed by atoms with Gasteiger partial charge in [0.2, 0.25) is 11.8 Å². The largest absolute Gasteiger partial charge is 0.367 e. The second-order valence-electron chi connectivity index (χ2n) is 8.67. The van der Waals surface area contributed by atoms with Crippen molar-refractivity contribution in [3.63, 3.8) is 0 Å². The number of hydrogen-bond donors (Lipinski definition) is 2. The van der Waals surface area contributed by atoms with Gasteiger partial charge in [0.15, 0.2) is 0 Å². The van der Waals surface area contributed by atoms with Crippen molar-refractivity contribution in [3.8, 4) is 0 Å². The molecule has 3 saturated heterocycles. The minimum absolute atomic E-state index is 0.0786. The van der Waals surface area contributed by atoms with E-state index in [4.69, 9.17) is 4.74 Å². The number of amides is 4. The van der Waals surface area contributed by atoms with Gasteiger partial charge in [-0.3, -0.25) is 34.3 Å². The Kier molecular flexibility index (Phi) is 4.49. The predicted octanol–water partition coefficient (Wildman–Crippen LogP) is -0.349. The highest BCUT2D eigenvalue weighted by Gasteiger charge is 2.47. The molecule has 2 N–H and O–H groups in total. The van der Waals surface area contributed by atoms with Crippen LogP contribution in [0.3, 0.4) is 0 Å². The van der Waals surface area contributed by atoms with E-state index in [0.29, 0.717) is 17.7 Å². The molecule has 0 bridgehead atoms. The van der Waals surface area contributed by atoms with E-state index >= 15 is 0 Å². The Morgan fingerprint density at radius 3 is 2.67 bits per heavy atom. The molecule has 3 fully saturated rings. The van der Waals surface area contributed by atoms with Gasteiger partial charge in [0.25, 0.3) is 11.8 Å². The van der Waals surface area contributed by atoms with Gasteiger partial charge in [-0.25, -0.2) is 0 Å². The molecular weight excluding hydrogens is 388 g/mol. The summed E-state index contributed by atoms with van der Waals surface area (Å²) in [6.45, 7) is 5.68. The van der Waals surface area contributed by atoms with Crippen LogP contribution in [0.1, 0.15) is 46.0 Å². The van der Waals surface area contributed by atoms with Crippen LogP contribution in [0.5, 0.6) is 0 Å². The number of imide groups is 2. The van der Waals surface area contributed by atoms with E-state index in [-0.39, 0.29) is 30.5 Å². The topological polar surface area (TPSA) is 108 Å². The molecule has 0 aromatic heterocycles. The SMILES string of the molecule is CC1CN(Cc2cccc3c2C(=O)N(C2CCC(=O)NC2=O)C3=O)CC2(CNC2)O1. The average molecular weight is 412 g/mol. The molecule has 4 amide bonds. The fourth-order valence-electron chi connectivity index (χ4n) is 5.01. The maximum absolute atomic E-state index is 13.2. The molecule has 4 aliphatic rings. The van der Waals surface area contributed by atoms with Crippen LogP contribution >= 0.6 is 0 Å². The minimum Gasteiger partial charge on any atom is -0.367 e. The quantitative estimate of drug-likeness (QED) is 0.654. The van der Waals surface area contributed by atoms with Crippen molar-refractivity contribution in [2.45, 2.75) is 44.1 Å². The normalized spacial score (nSPS) is 28.5. The lowest BCUT2D eigenvalue weighted by Gasteiger charge is -2.51. The summed E-state index contributed by atoms with van der Waals surface area (Å²) in [6, 6.07) is 4.32. The highest BCUT2D eigenvalue weighted by molar-refractivity contribution is 6.24. The number of morpholine rings is 1. The van der Waals surface area contributed by atoms with Gasteiger partial charge in [-0.1, -0.05) is 12.1 Å². The monoisotopic (exact) mass is 412 g/mol. The first-order valence-corrected chi connectivity index (χ1v) is 10.3. The molecular formula is C21H24N4O5. The molecule has 158 valence electrons. The molecule has 0 radical (unpaired) electrons. The number of fused-ring (bicyclic) bond motifs is 1. The molecule has 1 aromatic carbocycles. The minimum atomic E-state index is -0.948. The van der Waals surface area contributed by atoms with E-state index in [2.05, 4.69) is 15.5 Å². The van der Waals surface area contributed by atoms with Gasteiger partial charge in [-0.2, -0.15) is 0 Å². The van der Waals surface area contributed by atoms with Crippen LogP contribution in [0.25, 0.3) is 0 Å². The van der Waals surface area contributed by atoms with Gasteiger partial charge >= 0.3 is 0 Å². The summed E-state index contributed by atoms with van der Waals surface area (Å²) in [5.74, 6) is -1.90. The van der Waals surface area contributed by atoms with Crippen LogP contribution in [0, 0.1) is 0 Å². The Labute approximate surface area is 173 Å². The highest BCUT2D eigenvalue weighted by atomic mass is 16.5. The third kappa shape index (κ3) is 3.05. The molecule has 2 unspecified atom stereocenters. The van der Waals surface area contributed by atoms with Crippen molar-refractivity contribution in [1.29, 1.82) is 0 Å². The second-order valence-corrected chi connectivity index (χ2v) is 8.67. The Balaban J connectivity index is 1.41. The smallest absolute Gasteiger partial charge is 0.262 e. The van der Waals surface area contributed by atoms with E-state index < -0.39 is 23.8 Å². The first kappa shape index (κ1) is 19.3. The fraction of sp³-hybridized carbons (Fsp3) is 0.524. The Hall–Kier alpha value is -2.62. The highest BCUT2D eigenvalue weighted by Crippen LogP contribution is 2.32. The lowest BCUT2D eigenvalue weighted by atomic mass is 9.93. The van der Waals surface area contributed by atoms with Crippen LogP contribution in [0.4, 0.5) is 0 Å². The number of piperidine rings is 1. The summed E-state index contributed by atoms with van der Waals surface area (Å²) in [5, 5.41) is 5.49.